The predicted molar refractivity (Wildman–Crippen MR) is 91.9 cm³/mol. The molecule has 1 unspecified atom stereocenters. The second kappa shape index (κ2) is 8.53. The van der Waals surface area contributed by atoms with E-state index in [1.165, 1.54) is 29.2 Å². The summed E-state index contributed by atoms with van der Waals surface area (Å²) < 4.78 is 29.2. The van der Waals surface area contributed by atoms with Crippen molar-refractivity contribution >= 4 is 22.7 Å². The van der Waals surface area contributed by atoms with E-state index < -0.39 is 23.4 Å². The zero-order valence-electron chi connectivity index (χ0n) is 13.9. The van der Waals surface area contributed by atoms with Crippen LogP contribution in [-0.4, -0.2) is 40.9 Å². The van der Waals surface area contributed by atoms with Crippen molar-refractivity contribution in [3.05, 3.63) is 65.5 Å². The molecule has 0 N–H and O–H groups in total. The van der Waals surface area contributed by atoms with Gasteiger partial charge in [-0.1, -0.05) is 12.1 Å². The van der Waals surface area contributed by atoms with Crippen LogP contribution in [0.1, 0.15) is 15.9 Å². The van der Waals surface area contributed by atoms with Crippen molar-refractivity contribution in [2.45, 2.75) is 11.4 Å². The molecule has 2 aromatic carbocycles. The number of benzene rings is 2. The molecule has 1 amide bonds. The third-order valence-corrected chi connectivity index (χ3v) is 4.44. The third kappa shape index (κ3) is 5.49. The van der Waals surface area contributed by atoms with Gasteiger partial charge >= 0.3 is 5.97 Å². The summed E-state index contributed by atoms with van der Waals surface area (Å²) in [5.41, 5.74) is 1.05. The minimum atomic E-state index is -1.13. The summed E-state index contributed by atoms with van der Waals surface area (Å²) in [6.45, 7) is -0.105. The molecule has 0 saturated carbocycles. The van der Waals surface area contributed by atoms with Gasteiger partial charge in [-0.3, -0.25) is 9.00 Å². The number of amides is 1. The van der Waals surface area contributed by atoms with Gasteiger partial charge in [0, 0.05) is 35.5 Å². The van der Waals surface area contributed by atoms with Crippen molar-refractivity contribution < 1.29 is 22.9 Å². The number of hydrogen-bond donors (Lipinski definition) is 0. The lowest BCUT2D eigenvalue weighted by atomic mass is 10.2. The first kappa shape index (κ1) is 18.8. The largest absolute Gasteiger partial charge is 0.452 e. The van der Waals surface area contributed by atoms with Gasteiger partial charge in [-0.15, -0.1) is 0 Å². The molecule has 7 heteroatoms. The number of rotatable bonds is 6. The summed E-state index contributed by atoms with van der Waals surface area (Å²) >= 11 is 0. The highest BCUT2D eigenvalue weighted by Gasteiger charge is 2.14. The number of likely N-dealkylation sites (N-methyl/N-ethyl adjacent to an activating group) is 1. The maximum Gasteiger partial charge on any atom is 0.338 e. The summed E-state index contributed by atoms with van der Waals surface area (Å²) in [5.74, 6) is -1.34. The van der Waals surface area contributed by atoms with Crippen LogP contribution in [0.4, 0.5) is 4.39 Å². The van der Waals surface area contributed by atoms with E-state index in [0.29, 0.717) is 4.90 Å². The smallest absolute Gasteiger partial charge is 0.338 e. The molecule has 5 nitrogen and oxygen atoms in total. The standard InChI is InChI=1S/C18H18FNO4S/c1-20(11-13-3-7-15(19)8-4-13)17(21)12-24-18(22)14-5-9-16(10-6-14)25(2)23/h3-10H,11-12H2,1-2H3. The van der Waals surface area contributed by atoms with E-state index in [-0.39, 0.29) is 23.8 Å². The lowest BCUT2D eigenvalue weighted by Gasteiger charge is -2.17. The van der Waals surface area contributed by atoms with Crippen molar-refractivity contribution in [3.8, 4) is 0 Å². The van der Waals surface area contributed by atoms with Crippen molar-refractivity contribution in [3.63, 3.8) is 0 Å². The third-order valence-electron chi connectivity index (χ3n) is 3.51. The molecule has 0 saturated heterocycles. The van der Waals surface area contributed by atoms with E-state index >= 15 is 0 Å². The Bertz CT molecular complexity index is 775. The van der Waals surface area contributed by atoms with Gasteiger partial charge in [0.15, 0.2) is 6.61 Å². The summed E-state index contributed by atoms with van der Waals surface area (Å²) in [5, 5.41) is 0. The van der Waals surface area contributed by atoms with E-state index in [1.54, 1.807) is 37.6 Å². The molecule has 132 valence electrons. The van der Waals surface area contributed by atoms with Crippen LogP contribution in [0.15, 0.2) is 53.4 Å². The molecule has 0 spiro atoms. The molecule has 2 aromatic rings. The average Bonchev–Trinajstić information content (AvgIpc) is 2.61. The van der Waals surface area contributed by atoms with Gasteiger partial charge in [0.2, 0.25) is 0 Å². The SMILES string of the molecule is CN(Cc1ccc(F)cc1)C(=O)COC(=O)c1ccc(S(C)=O)cc1. The van der Waals surface area contributed by atoms with Gasteiger partial charge < -0.3 is 9.64 Å². The molecular weight excluding hydrogens is 345 g/mol. The highest BCUT2D eigenvalue weighted by atomic mass is 32.2. The van der Waals surface area contributed by atoms with Crippen LogP contribution >= 0.6 is 0 Å². The fourth-order valence-electron chi connectivity index (χ4n) is 2.06. The highest BCUT2D eigenvalue weighted by Crippen LogP contribution is 2.09. The number of nitrogens with zero attached hydrogens (tertiary/aromatic N) is 1. The number of halogens is 1. The van der Waals surface area contributed by atoms with Gasteiger partial charge in [0.05, 0.1) is 5.56 Å². The Morgan fingerprint density at radius 2 is 1.68 bits per heavy atom. The highest BCUT2D eigenvalue weighted by molar-refractivity contribution is 7.84. The fraction of sp³-hybridized carbons (Fsp3) is 0.222. The van der Waals surface area contributed by atoms with Gasteiger partial charge in [0.1, 0.15) is 5.82 Å². The molecule has 0 heterocycles. The van der Waals surface area contributed by atoms with Crippen LogP contribution in [0, 0.1) is 5.82 Å². The Labute approximate surface area is 147 Å². The van der Waals surface area contributed by atoms with Crippen LogP contribution in [0.2, 0.25) is 0 Å². The number of carbonyl (C=O) groups excluding carboxylic acids is 2. The van der Waals surface area contributed by atoms with Crippen LogP contribution in [-0.2, 0) is 26.9 Å². The van der Waals surface area contributed by atoms with Crippen LogP contribution < -0.4 is 0 Å². The van der Waals surface area contributed by atoms with E-state index in [1.807, 2.05) is 0 Å². The monoisotopic (exact) mass is 363 g/mol. The van der Waals surface area contributed by atoms with Gasteiger partial charge in [0.25, 0.3) is 5.91 Å². The number of esters is 1. The lowest BCUT2D eigenvalue weighted by molar-refractivity contribution is -0.133. The molecule has 25 heavy (non-hydrogen) atoms. The minimum absolute atomic E-state index is 0.281. The topological polar surface area (TPSA) is 63.7 Å². The maximum atomic E-state index is 12.9. The van der Waals surface area contributed by atoms with Gasteiger partial charge in [-0.25, -0.2) is 9.18 Å². The van der Waals surface area contributed by atoms with E-state index in [2.05, 4.69) is 0 Å². The maximum absolute atomic E-state index is 12.9. The predicted octanol–water partition coefficient (Wildman–Crippen LogP) is 2.38. The second-order valence-electron chi connectivity index (χ2n) is 5.43. The quantitative estimate of drug-likeness (QED) is 0.739. The zero-order chi connectivity index (χ0) is 18.4. The van der Waals surface area contributed by atoms with Crippen molar-refractivity contribution in [2.24, 2.45) is 0 Å². The first-order valence-corrected chi connectivity index (χ1v) is 9.01. The zero-order valence-corrected chi connectivity index (χ0v) is 14.7. The molecule has 0 aliphatic heterocycles. The Morgan fingerprint density at radius 1 is 1.08 bits per heavy atom. The normalized spacial score (nSPS) is 11.6. The number of ether oxygens (including phenoxy) is 1. The number of hydrogen-bond acceptors (Lipinski definition) is 4. The minimum Gasteiger partial charge on any atom is -0.452 e. The van der Waals surface area contributed by atoms with Gasteiger partial charge in [-0.05, 0) is 42.0 Å². The first-order chi connectivity index (χ1) is 11.9. The van der Waals surface area contributed by atoms with Crippen LogP contribution in [0.5, 0.6) is 0 Å². The lowest BCUT2D eigenvalue weighted by Crippen LogP contribution is -2.30. The summed E-state index contributed by atoms with van der Waals surface area (Å²) in [6.07, 6.45) is 1.54. The molecule has 0 aliphatic rings. The summed E-state index contributed by atoms with van der Waals surface area (Å²) in [4.78, 5) is 26.0. The van der Waals surface area contributed by atoms with Crippen molar-refractivity contribution in [1.82, 2.24) is 4.90 Å². The Morgan fingerprint density at radius 3 is 2.24 bits per heavy atom. The van der Waals surface area contributed by atoms with Crippen molar-refractivity contribution in [1.29, 1.82) is 0 Å². The van der Waals surface area contributed by atoms with Crippen molar-refractivity contribution in [2.75, 3.05) is 19.9 Å². The van der Waals surface area contributed by atoms with Crippen LogP contribution in [0.25, 0.3) is 0 Å². The van der Waals surface area contributed by atoms with E-state index in [4.69, 9.17) is 4.74 Å². The number of carbonyl (C=O) groups is 2. The molecule has 0 aromatic heterocycles. The summed E-state index contributed by atoms with van der Waals surface area (Å²) in [6, 6.07) is 12.0. The molecule has 2 rings (SSSR count). The second-order valence-corrected chi connectivity index (χ2v) is 6.81. The molecule has 0 bridgehead atoms. The fourth-order valence-corrected chi connectivity index (χ4v) is 2.57. The van der Waals surface area contributed by atoms with E-state index in [9.17, 15) is 18.2 Å². The van der Waals surface area contributed by atoms with Crippen LogP contribution in [0.3, 0.4) is 0 Å². The first-order valence-electron chi connectivity index (χ1n) is 7.46. The summed E-state index contributed by atoms with van der Waals surface area (Å²) in [7, 11) is 0.449. The van der Waals surface area contributed by atoms with Gasteiger partial charge in [-0.2, -0.15) is 0 Å². The Balaban J connectivity index is 1.86. The molecule has 1 atom stereocenters. The average molecular weight is 363 g/mol. The Hall–Kier alpha value is -2.54. The molecule has 0 radical (unpaired) electrons. The van der Waals surface area contributed by atoms with E-state index in [0.717, 1.165) is 5.56 Å². The molecular formula is C18H18FNO4S. The Kier molecular flexibility index (Phi) is 6.41. The molecule has 0 fully saturated rings. The molecule has 0 aliphatic carbocycles.